The number of benzene rings is 1. The van der Waals surface area contributed by atoms with Crippen LogP contribution in [0.2, 0.25) is 0 Å². The minimum Gasteiger partial charge on any atom is -0.329 e. The van der Waals surface area contributed by atoms with Gasteiger partial charge in [-0.05, 0) is 37.8 Å². The fourth-order valence-electron chi connectivity index (χ4n) is 3.02. The largest absolute Gasteiger partial charge is 0.329 e. The molecule has 142 valence electrons. The Morgan fingerprint density at radius 3 is 2.04 bits per heavy atom. The molecule has 1 aromatic rings. The summed E-state index contributed by atoms with van der Waals surface area (Å²) in [5.41, 5.74) is 5.00. The molecule has 1 aromatic carbocycles. The van der Waals surface area contributed by atoms with Crippen LogP contribution in [0.25, 0.3) is 0 Å². The molecule has 3 N–H and O–H groups in total. The van der Waals surface area contributed by atoms with Crippen LogP contribution >= 0.6 is 0 Å². The summed E-state index contributed by atoms with van der Waals surface area (Å²) in [4.78, 5) is -0.399. The molecular weight excluding hydrogens is 362 g/mol. The van der Waals surface area contributed by atoms with Crippen LogP contribution in [0.3, 0.4) is 0 Å². The Hall–Kier alpha value is -1.00. The van der Waals surface area contributed by atoms with E-state index in [0.29, 0.717) is 25.9 Å². The van der Waals surface area contributed by atoms with Gasteiger partial charge in [0.25, 0.3) is 0 Å². The second kappa shape index (κ2) is 7.71. The molecule has 0 radical (unpaired) electrons. The van der Waals surface area contributed by atoms with E-state index >= 15 is 0 Å². The lowest BCUT2D eigenvalue weighted by molar-refractivity contribution is 0.362. The van der Waals surface area contributed by atoms with Crippen LogP contribution in [-0.4, -0.2) is 46.3 Å². The van der Waals surface area contributed by atoms with E-state index in [1.807, 2.05) is 13.8 Å². The molecule has 0 atom stereocenters. The van der Waals surface area contributed by atoms with Crippen molar-refractivity contribution in [2.24, 2.45) is 5.73 Å². The molecule has 1 saturated heterocycles. The number of nitrogens with one attached hydrogen (secondary N) is 1. The molecule has 0 amide bonds. The zero-order valence-corrected chi connectivity index (χ0v) is 16.4. The molecule has 0 bridgehead atoms. The number of nitrogens with zero attached hydrogens (tertiary/aromatic N) is 1. The van der Waals surface area contributed by atoms with E-state index in [1.54, 1.807) is 0 Å². The van der Waals surface area contributed by atoms with E-state index in [1.165, 1.54) is 28.6 Å². The van der Waals surface area contributed by atoms with E-state index in [9.17, 15) is 16.8 Å². The Labute approximate surface area is 150 Å². The number of nitrogens with two attached hydrogens (primary N) is 1. The van der Waals surface area contributed by atoms with Crippen molar-refractivity contribution in [3.63, 3.8) is 0 Å². The molecular formula is C16H27N3O4S2. The van der Waals surface area contributed by atoms with E-state index in [-0.39, 0.29) is 16.3 Å². The van der Waals surface area contributed by atoms with Crippen molar-refractivity contribution in [1.82, 2.24) is 9.03 Å². The van der Waals surface area contributed by atoms with Crippen LogP contribution in [0.5, 0.6) is 0 Å². The number of sulfonamides is 2. The highest BCUT2D eigenvalue weighted by molar-refractivity contribution is 7.92. The Kier molecular flexibility index (Phi) is 6.26. The first-order valence-corrected chi connectivity index (χ1v) is 11.5. The Morgan fingerprint density at radius 1 is 1.04 bits per heavy atom. The van der Waals surface area contributed by atoms with Gasteiger partial charge in [0.1, 0.15) is 9.79 Å². The summed E-state index contributed by atoms with van der Waals surface area (Å²) in [6.45, 7) is 4.68. The molecule has 1 aliphatic heterocycles. The van der Waals surface area contributed by atoms with Crippen molar-refractivity contribution < 1.29 is 16.8 Å². The van der Waals surface area contributed by atoms with Gasteiger partial charge >= 0.3 is 0 Å². The molecule has 0 saturated carbocycles. The number of rotatable bonds is 8. The Bertz CT molecular complexity index is 788. The Morgan fingerprint density at radius 2 is 1.56 bits per heavy atom. The topological polar surface area (TPSA) is 110 Å². The predicted octanol–water partition coefficient (Wildman–Crippen LogP) is 1.27. The van der Waals surface area contributed by atoms with Gasteiger partial charge in [0.2, 0.25) is 20.0 Å². The van der Waals surface area contributed by atoms with E-state index in [4.69, 9.17) is 5.73 Å². The molecule has 1 fully saturated rings. The summed E-state index contributed by atoms with van der Waals surface area (Å²) in [6, 6.07) is 5.75. The molecule has 0 aliphatic carbocycles. The highest BCUT2D eigenvalue weighted by Gasteiger charge is 2.36. The zero-order chi connectivity index (χ0) is 18.7. The van der Waals surface area contributed by atoms with Crippen LogP contribution in [-0.2, 0) is 20.0 Å². The standard InChI is InChI=1S/C16H27N3O4S2/c1-3-16(4-2,13-17)18-24(20,21)14-9-5-6-10-15(14)25(22,23)19-11-7-8-12-19/h5-6,9-10,18H,3-4,7-8,11-13,17H2,1-2H3. The fourth-order valence-corrected chi connectivity index (χ4v) is 6.90. The average molecular weight is 390 g/mol. The van der Waals surface area contributed by atoms with Crippen molar-refractivity contribution in [2.75, 3.05) is 19.6 Å². The highest BCUT2D eigenvalue weighted by Crippen LogP contribution is 2.28. The third-order valence-corrected chi connectivity index (χ3v) is 8.64. The van der Waals surface area contributed by atoms with Gasteiger partial charge < -0.3 is 5.73 Å². The monoisotopic (exact) mass is 389 g/mol. The van der Waals surface area contributed by atoms with E-state index in [2.05, 4.69) is 4.72 Å². The molecule has 1 aliphatic rings. The van der Waals surface area contributed by atoms with Crippen LogP contribution in [0, 0.1) is 0 Å². The van der Waals surface area contributed by atoms with Crippen molar-refractivity contribution in [1.29, 1.82) is 0 Å². The first kappa shape index (κ1) is 20.3. The maximum Gasteiger partial charge on any atom is 0.244 e. The van der Waals surface area contributed by atoms with Crippen LogP contribution in [0.4, 0.5) is 0 Å². The molecule has 1 heterocycles. The second-order valence-electron chi connectivity index (χ2n) is 6.35. The predicted molar refractivity (Wildman–Crippen MR) is 97.1 cm³/mol. The molecule has 0 unspecified atom stereocenters. The van der Waals surface area contributed by atoms with Crippen molar-refractivity contribution in [3.8, 4) is 0 Å². The minimum absolute atomic E-state index is 0.139. The normalized spacial score (nSPS) is 17.1. The van der Waals surface area contributed by atoms with Gasteiger partial charge in [0.15, 0.2) is 0 Å². The van der Waals surface area contributed by atoms with Gasteiger partial charge in [-0.2, -0.15) is 4.31 Å². The molecule has 7 nitrogen and oxygen atoms in total. The third-order valence-electron chi connectivity index (χ3n) is 4.92. The molecule has 25 heavy (non-hydrogen) atoms. The summed E-state index contributed by atoms with van der Waals surface area (Å²) in [7, 11) is -7.88. The average Bonchev–Trinajstić information content (AvgIpc) is 3.15. The van der Waals surface area contributed by atoms with Crippen LogP contribution in [0.1, 0.15) is 39.5 Å². The molecule has 2 rings (SSSR count). The quantitative estimate of drug-likeness (QED) is 0.696. The first-order chi connectivity index (χ1) is 11.7. The van der Waals surface area contributed by atoms with Crippen molar-refractivity contribution >= 4 is 20.0 Å². The van der Waals surface area contributed by atoms with Crippen LogP contribution in [0.15, 0.2) is 34.1 Å². The van der Waals surface area contributed by atoms with Gasteiger partial charge in [-0.25, -0.2) is 21.6 Å². The lowest BCUT2D eigenvalue weighted by Gasteiger charge is -2.31. The Balaban J connectivity index is 2.50. The summed E-state index contributed by atoms with van der Waals surface area (Å²) < 4.78 is 55.7. The minimum atomic E-state index is -4.03. The van der Waals surface area contributed by atoms with Gasteiger partial charge in [-0.3, -0.25) is 0 Å². The lowest BCUT2D eigenvalue weighted by atomic mass is 9.95. The third kappa shape index (κ3) is 4.06. The maximum atomic E-state index is 13.0. The van der Waals surface area contributed by atoms with Gasteiger partial charge in [-0.15, -0.1) is 0 Å². The van der Waals surface area contributed by atoms with Gasteiger partial charge in [-0.1, -0.05) is 26.0 Å². The van der Waals surface area contributed by atoms with E-state index in [0.717, 1.165) is 12.8 Å². The number of hydrogen-bond acceptors (Lipinski definition) is 5. The van der Waals surface area contributed by atoms with Crippen molar-refractivity contribution in [2.45, 2.75) is 54.9 Å². The highest BCUT2D eigenvalue weighted by atomic mass is 32.2. The van der Waals surface area contributed by atoms with Crippen molar-refractivity contribution in [3.05, 3.63) is 24.3 Å². The molecule has 0 spiro atoms. The smallest absolute Gasteiger partial charge is 0.244 e. The number of hydrogen-bond donors (Lipinski definition) is 2. The van der Waals surface area contributed by atoms with Crippen LogP contribution < -0.4 is 10.5 Å². The SMILES string of the molecule is CCC(CC)(CN)NS(=O)(=O)c1ccccc1S(=O)(=O)N1CCCC1. The van der Waals surface area contributed by atoms with Gasteiger partial charge in [0.05, 0.1) is 0 Å². The maximum absolute atomic E-state index is 13.0. The fraction of sp³-hybridized carbons (Fsp3) is 0.625. The second-order valence-corrected chi connectivity index (χ2v) is 9.91. The summed E-state index contributed by atoms with van der Waals surface area (Å²) in [6.07, 6.45) is 2.60. The molecule has 9 heteroatoms. The van der Waals surface area contributed by atoms with E-state index < -0.39 is 25.6 Å². The summed E-state index contributed by atoms with van der Waals surface area (Å²) in [5.74, 6) is 0. The molecule has 0 aromatic heterocycles. The lowest BCUT2D eigenvalue weighted by Crippen LogP contribution is -2.52. The zero-order valence-electron chi connectivity index (χ0n) is 14.7. The first-order valence-electron chi connectivity index (χ1n) is 8.55. The van der Waals surface area contributed by atoms with Gasteiger partial charge in [0, 0.05) is 25.2 Å². The summed E-state index contributed by atoms with van der Waals surface area (Å²) in [5, 5.41) is 0. The summed E-state index contributed by atoms with van der Waals surface area (Å²) >= 11 is 0.